The number of aryl methyl sites for hydroxylation is 1. The van der Waals surface area contributed by atoms with E-state index in [1.54, 1.807) is 24.9 Å². The number of nitrogens with two attached hydrogens (primary N) is 1. The lowest BCUT2D eigenvalue weighted by Crippen LogP contribution is -2.33. The zero-order valence-electron chi connectivity index (χ0n) is 17.9. The van der Waals surface area contributed by atoms with Crippen molar-refractivity contribution in [3.8, 4) is 0 Å². The minimum Gasteiger partial charge on any atom is -0.399 e. The van der Waals surface area contributed by atoms with Gasteiger partial charge in [0, 0.05) is 41.3 Å². The Morgan fingerprint density at radius 2 is 1.81 bits per heavy atom. The van der Waals surface area contributed by atoms with Gasteiger partial charge in [-0.1, -0.05) is 0 Å². The van der Waals surface area contributed by atoms with Crippen molar-refractivity contribution >= 4 is 33.9 Å². The number of hydrogen-bond acceptors (Lipinski definition) is 5. The van der Waals surface area contributed by atoms with Crippen LogP contribution in [-0.4, -0.2) is 23.2 Å². The first-order chi connectivity index (χ1) is 14.8. The Kier molecular flexibility index (Phi) is 4.80. The van der Waals surface area contributed by atoms with Crippen LogP contribution in [0.25, 0.3) is 10.8 Å². The Morgan fingerprint density at radius 3 is 2.47 bits per heavy atom. The summed E-state index contributed by atoms with van der Waals surface area (Å²) in [5.41, 5.74) is 5.16. The molecule has 4 rings (SSSR count). The van der Waals surface area contributed by atoms with Gasteiger partial charge in [-0.15, -0.1) is 5.10 Å². The van der Waals surface area contributed by atoms with Crippen LogP contribution < -0.4 is 16.0 Å². The van der Waals surface area contributed by atoms with E-state index in [4.69, 9.17) is 5.73 Å². The molecule has 0 fully saturated rings. The van der Waals surface area contributed by atoms with Crippen LogP contribution >= 0.6 is 0 Å². The van der Waals surface area contributed by atoms with Crippen molar-refractivity contribution in [2.24, 2.45) is 0 Å². The van der Waals surface area contributed by atoms with E-state index in [2.05, 4.69) is 15.5 Å². The summed E-state index contributed by atoms with van der Waals surface area (Å²) in [7, 11) is 1.68. The van der Waals surface area contributed by atoms with Gasteiger partial charge >= 0.3 is 6.18 Å². The molecule has 0 atom stereocenters. The standard InChI is InChI=1S/C22H21F4N5O/c1-10-13-7-15-17(31(4)20(32)21(15,2)3)8-14(13)19(30-29-10)28-9-11-5-12(27)6-16(18(11)23)22(24,25)26/h5-8H,9,27H2,1-4H3,(H,28,30). The smallest absolute Gasteiger partial charge is 0.399 e. The summed E-state index contributed by atoms with van der Waals surface area (Å²) in [5, 5.41) is 12.5. The third-order valence-electron chi connectivity index (χ3n) is 5.88. The normalized spacial score (nSPS) is 15.4. The van der Waals surface area contributed by atoms with Crippen molar-refractivity contribution in [3.63, 3.8) is 0 Å². The lowest BCUT2D eigenvalue weighted by atomic mass is 9.85. The van der Waals surface area contributed by atoms with Gasteiger partial charge in [0.05, 0.1) is 16.7 Å². The van der Waals surface area contributed by atoms with Crippen LogP contribution in [0.4, 0.5) is 34.8 Å². The molecule has 1 aromatic heterocycles. The molecule has 168 valence electrons. The molecule has 0 radical (unpaired) electrons. The third-order valence-corrected chi connectivity index (χ3v) is 5.88. The Morgan fingerprint density at radius 1 is 1.12 bits per heavy atom. The highest BCUT2D eigenvalue weighted by molar-refractivity contribution is 6.10. The topological polar surface area (TPSA) is 84.1 Å². The van der Waals surface area contributed by atoms with Gasteiger partial charge in [0.2, 0.25) is 5.91 Å². The highest BCUT2D eigenvalue weighted by atomic mass is 19.4. The van der Waals surface area contributed by atoms with Gasteiger partial charge in [0.25, 0.3) is 0 Å². The highest BCUT2D eigenvalue weighted by Crippen LogP contribution is 2.44. The molecule has 0 bridgehead atoms. The molecule has 6 nitrogen and oxygen atoms in total. The summed E-state index contributed by atoms with van der Waals surface area (Å²) >= 11 is 0. The van der Waals surface area contributed by atoms with Crippen molar-refractivity contribution in [1.29, 1.82) is 0 Å². The van der Waals surface area contributed by atoms with Crippen LogP contribution in [0.2, 0.25) is 0 Å². The first-order valence-electron chi connectivity index (χ1n) is 9.81. The quantitative estimate of drug-likeness (QED) is 0.455. The number of halogens is 4. The lowest BCUT2D eigenvalue weighted by molar-refractivity contribution is -0.140. The average Bonchev–Trinajstić information content (AvgIpc) is 2.88. The fourth-order valence-corrected chi connectivity index (χ4v) is 4.09. The van der Waals surface area contributed by atoms with E-state index < -0.39 is 23.0 Å². The van der Waals surface area contributed by atoms with Gasteiger partial charge in [0.15, 0.2) is 5.82 Å². The molecule has 0 aliphatic carbocycles. The average molecular weight is 447 g/mol. The maximum Gasteiger partial charge on any atom is 0.419 e. The first kappa shape index (κ1) is 21.8. The monoisotopic (exact) mass is 447 g/mol. The molecule has 3 N–H and O–H groups in total. The number of nitrogens with zero attached hydrogens (tertiary/aromatic N) is 3. The molecule has 1 amide bonds. The minimum absolute atomic E-state index is 0.0580. The Labute approximate surface area is 181 Å². The van der Waals surface area contributed by atoms with Crippen molar-refractivity contribution < 1.29 is 22.4 Å². The van der Waals surface area contributed by atoms with E-state index in [1.807, 2.05) is 19.9 Å². The molecule has 1 aliphatic rings. The number of aromatic nitrogens is 2. The molecule has 0 saturated heterocycles. The maximum absolute atomic E-state index is 14.5. The number of hydrogen-bond donors (Lipinski definition) is 2. The number of fused-ring (bicyclic) bond motifs is 2. The van der Waals surface area contributed by atoms with Gasteiger partial charge < -0.3 is 16.0 Å². The SMILES string of the molecule is Cc1nnc(NCc2cc(N)cc(C(F)(F)F)c2F)c2cc3c(cc12)C(C)(C)C(=O)N3C. The van der Waals surface area contributed by atoms with E-state index in [1.165, 1.54) is 0 Å². The second kappa shape index (κ2) is 7.04. The number of nitrogens with one attached hydrogen (secondary N) is 1. The number of rotatable bonds is 3. The minimum atomic E-state index is -4.87. The number of alkyl halides is 3. The second-order valence-electron chi connectivity index (χ2n) is 8.43. The summed E-state index contributed by atoms with van der Waals surface area (Å²) in [5.74, 6) is -1.19. The number of anilines is 3. The summed E-state index contributed by atoms with van der Waals surface area (Å²) in [6.07, 6.45) is -4.87. The van der Waals surface area contributed by atoms with E-state index in [-0.39, 0.29) is 29.5 Å². The fourth-order valence-electron chi connectivity index (χ4n) is 4.09. The summed E-state index contributed by atoms with van der Waals surface area (Å²) < 4.78 is 53.8. The van der Waals surface area contributed by atoms with Crippen molar-refractivity contribution in [2.45, 2.75) is 38.9 Å². The molecule has 32 heavy (non-hydrogen) atoms. The maximum atomic E-state index is 14.5. The van der Waals surface area contributed by atoms with E-state index in [9.17, 15) is 22.4 Å². The molecule has 2 heterocycles. The number of amides is 1. The summed E-state index contributed by atoms with van der Waals surface area (Å²) in [4.78, 5) is 14.2. The molecule has 10 heteroatoms. The molecule has 3 aromatic rings. The molecule has 0 spiro atoms. The number of nitrogen functional groups attached to an aromatic ring is 1. The fraction of sp³-hybridized carbons (Fsp3) is 0.318. The van der Waals surface area contributed by atoms with Gasteiger partial charge in [-0.05, 0) is 50.6 Å². The Hall–Kier alpha value is -3.43. The van der Waals surface area contributed by atoms with Crippen molar-refractivity contribution in [3.05, 3.63) is 52.5 Å². The number of carbonyl (C=O) groups excluding carboxylic acids is 1. The second-order valence-corrected chi connectivity index (χ2v) is 8.43. The molecular weight excluding hydrogens is 426 g/mol. The van der Waals surface area contributed by atoms with Crippen LogP contribution in [0.15, 0.2) is 24.3 Å². The number of benzene rings is 2. The van der Waals surface area contributed by atoms with Crippen molar-refractivity contribution in [2.75, 3.05) is 23.0 Å². The van der Waals surface area contributed by atoms with E-state index >= 15 is 0 Å². The van der Waals surface area contributed by atoms with Crippen LogP contribution in [0, 0.1) is 12.7 Å². The zero-order valence-corrected chi connectivity index (χ0v) is 17.9. The van der Waals surface area contributed by atoms with E-state index in [0.717, 1.165) is 17.0 Å². The molecule has 1 aliphatic heterocycles. The van der Waals surface area contributed by atoms with Crippen LogP contribution in [0.1, 0.15) is 36.2 Å². The number of likely N-dealkylation sites (N-methyl/N-ethyl adjacent to an activating group) is 1. The highest BCUT2D eigenvalue weighted by Gasteiger charge is 2.42. The first-order valence-corrected chi connectivity index (χ1v) is 9.81. The predicted octanol–water partition coefficient (Wildman–Crippen LogP) is 4.54. The van der Waals surface area contributed by atoms with E-state index in [0.29, 0.717) is 22.8 Å². The Balaban J connectivity index is 1.77. The van der Waals surface area contributed by atoms with Crippen LogP contribution in [0.3, 0.4) is 0 Å². The lowest BCUT2D eigenvalue weighted by Gasteiger charge is -2.17. The molecule has 2 aromatic carbocycles. The van der Waals surface area contributed by atoms with Crippen molar-refractivity contribution in [1.82, 2.24) is 10.2 Å². The van der Waals surface area contributed by atoms with Gasteiger partial charge in [-0.25, -0.2) is 4.39 Å². The van der Waals surface area contributed by atoms with Crippen LogP contribution in [0.5, 0.6) is 0 Å². The molecule has 0 unspecified atom stereocenters. The van der Waals surface area contributed by atoms with Gasteiger partial charge in [-0.2, -0.15) is 18.3 Å². The third kappa shape index (κ3) is 3.30. The molecule has 0 saturated carbocycles. The van der Waals surface area contributed by atoms with Gasteiger partial charge in [0.1, 0.15) is 5.82 Å². The molecular formula is C22H21F4N5O. The summed E-state index contributed by atoms with van der Waals surface area (Å²) in [6, 6.07) is 5.38. The van der Waals surface area contributed by atoms with Gasteiger partial charge in [-0.3, -0.25) is 4.79 Å². The zero-order chi connectivity index (χ0) is 23.6. The largest absolute Gasteiger partial charge is 0.419 e. The Bertz CT molecular complexity index is 1270. The number of carbonyl (C=O) groups is 1. The van der Waals surface area contributed by atoms with Crippen LogP contribution in [-0.2, 0) is 22.9 Å². The summed E-state index contributed by atoms with van der Waals surface area (Å²) in [6.45, 7) is 5.16. The predicted molar refractivity (Wildman–Crippen MR) is 114 cm³/mol.